The van der Waals surface area contributed by atoms with Gasteiger partial charge in [-0.1, -0.05) is 57.8 Å². The number of benzene rings is 1. The first-order valence-electron chi connectivity index (χ1n) is 7.07. The number of halogens is 2. The van der Waals surface area contributed by atoms with Crippen LogP contribution >= 0.6 is 24.0 Å². The molecule has 120 valence electrons. The van der Waals surface area contributed by atoms with Crippen molar-refractivity contribution in [2.75, 3.05) is 6.54 Å². The molecule has 21 heavy (non-hydrogen) atoms. The first-order valence-corrected chi connectivity index (χ1v) is 7.45. The normalized spacial score (nSPS) is 14.0. The Morgan fingerprint density at radius 3 is 2.57 bits per heavy atom. The van der Waals surface area contributed by atoms with E-state index >= 15 is 0 Å². The van der Waals surface area contributed by atoms with Crippen LogP contribution in [0.2, 0.25) is 5.02 Å². The number of amides is 1. The van der Waals surface area contributed by atoms with Crippen molar-refractivity contribution in [3.05, 3.63) is 34.9 Å². The van der Waals surface area contributed by atoms with Gasteiger partial charge in [0.1, 0.15) is 0 Å². The van der Waals surface area contributed by atoms with E-state index in [4.69, 9.17) is 17.3 Å². The van der Waals surface area contributed by atoms with Crippen LogP contribution in [0, 0.1) is 5.92 Å². The average Bonchev–Trinajstić information content (AvgIpc) is 2.43. The lowest BCUT2D eigenvalue weighted by molar-refractivity contribution is -0.123. The molecule has 0 spiro atoms. The number of carbonyl (C=O) groups is 1. The topological polar surface area (TPSA) is 55.1 Å². The van der Waals surface area contributed by atoms with Crippen molar-refractivity contribution in [3.63, 3.8) is 0 Å². The molecule has 0 aromatic heterocycles. The zero-order chi connectivity index (χ0) is 15.3. The van der Waals surface area contributed by atoms with E-state index in [1.54, 1.807) is 0 Å². The van der Waals surface area contributed by atoms with Crippen molar-refractivity contribution in [2.24, 2.45) is 11.7 Å². The van der Waals surface area contributed by atoms with Crippen molar-refractivity contribution < 1.29 is 4.79 Å². The minimum Gasteiger partial charge on any atom is -0.354 e. The zero-order valence-corrected chi connectivity index (χ0v) is 14.7. The molecule has 0 radical (unpaired) electrons. The Hall–Kier alpha value is -0.770. The summed E-state index contributed by atoms with van der Waals surface area (Å²) in [5.41, 5.74) is 6.84. The maximum Gasteiger partial charge on any atom is 0.237 e. The molecule has 1 aromatic rings. The molecule has 0 bridgehead atoms. The highest BCUT2D eigenvalue weighted by Gasteiger charge is 2.24. The van der Waals surface area contributed by atoms with Crippen LogP contribution in [0.15, 0.2) is 24.3 Å². The molecule has 3 N–H and O–H groups in total. The van der Waals surface area contributed by atoms with Crippen LogP contribution in [-0.2, 0) is 10.2 Å². The molecule has 1 amide bonds. The number of hydrogen-bond acceptors (Lipinski definition) is 2. The predicted molar refractivity (Wildman–Crippen MR) is 92.2 cm³/mol. The molecular formula is C16H26Cl2N2O. The van der Waals surface area contributed by atoms with Crippen LogP contribution in [-0.4, -0.2) is 18.5 Å². The molecule has 0 aliphatic rings. The Morgan fingerprint density at radius 1 is 1.43 bits per heavy atom. The van der Waals surface area contributed by atoms with E-state index in [-0.39, 0.29) is 29.6 Å². The molecule has 1 rings (SSSR count). The van der Waals surface area contributed by atoms with Gasteiger partial charge in [0.25, 0.3) is 0 Å². The van der Waals surface area contributed by atoms with Crippen LogP contribution in [0.4, 0.5) is 0 Å². The van der Waals surface area contributed by atoms with Gasteiger partial charge in [-0.3, -0.25) is 4.79 Å². The van der Waals surface area contributed by atoms with E-state index < -0.39 is 6.04 Å². The molecule has 0 saturated carbocycles. The summed E-state index contributed by atoms with van der Waals surface area (Å²) in [5.74, 6) is 0.0961. The number of rotatable bonds is 6. The van der Waals surface area contributed by atoms with Crippen LogP contribution in [0.1, 0.15) is 39.7 Å². The monoisotopic (exact) mass is 332 g/mol. The Morgan fingerprint density at radius 2 is 2.05 bits per heavy atom. The van der Waals surface area contributed by atoms with Gasteiger partial charge in [-0.15, -0.1) is 12.4 Å². The Balaban J connectivity index is 0.00000400. The fourth-order valence-corrected chi connectivity index (χ4v) is 2.14. The standard InChI is InChI=1S/C16H25ClN2O.ClH/c1-5-11(2)14(18)15(20)19-10-16(3,4)12-7-6-8-13(17)9-12;/h6-9,11,14H,5,10,18H2,1-4H3,(H,19,20);1H. The van der Waals surface area contributed by atoms with Gasteiger partial charge >= 0.3 is 0 Å². The second-order valence-electron chi connectivity index (χ2n) is 6.02. The third-order valence-corrected chi connectivity index (χ3v) is 4.11. The summed E-state index contributed by atoms with van der Waals surface area (Å²) >= 11 is 6.02. The van der Waals surface area contributed by atoms with Gasteiger partial charge < -0.3 is 11.1 Å². The highest BCUT2D eigenvalue weighted by molar-refractivity contribution is 6.30. The fourth-order valence-electron chi connectivity index (χ4n) is 1.95. The summed E-state index contributed by atoms with van der Waals surface area (Å²) < 4.78 is 0. The first-order chi connectivity index (χ1) is 9.27. The van der Waals surface area contributed by atoms with E-state index in [0.29, 0.717) is 11.6 Å². The lowest BCUT2D eigenvalue weighted by Gasteiger charge is -2.27. The number of nitrogens with two attached hydrogens (primary N) is 1. The lowest BCUT2D eigenvalue weighted by Crippen LogP contribution is -2.47. The third-order valence-electron chi connectivity index (χ3n) is 3.87. The van der Waals surface area contributed by atoms with E-state index in [1.165, 1.54) is 0 Å². The lowest BCUT2D eigenvalue weighted by atomic mass is 9.84. The largest absolute Gasteiger partial charge is 0.354 e. The highest BCUT2D eigenvalue weighted by atomic mass is 35.5. The van der Waals surface area contributed by atoms with E-state index in [9.17, 15) is 4.79 Å². The third kappa shape index (κ3) is 5.85. The summed E-state index contributed by atoms with van der Waals surface area (Å²) in [4.78, 5) is 12.0. The van der Waals surface area contributed by atoms with Crippen LogP contribution in [0.5, 0.6) is 0 Å². The summed E-state index contributed by atoms with van der Waals surface area (Å²) in [6.07, 6.45) is 0.895. The summed E-state index contributed by atoms with van der Waals surface area (Å²) in [6.45, 7) is 8.72. The summed E-state index contributed by atoms with van der Waals surface area (Å²) in [6, 6.07) is 7.27. The summed E-state index contributed by atoms with van der Waals surface area (Å²) in [5, 5.41) is 3.66. The van der Waals surface area contributed by atoms with Gasteiger partial charge in [-0.25, -0.2) is 0 Å². The molecule has 0 saturated heterocycles. The SMILES string of the molecule is CCC(C)C(N)C(=O)NCC(C)(C)c1cccc(Cl)c1.Cl. The number of hydrogen-bond donors (Lipinski definition) is 2. The molecule has 5 heteroatoms. The zero-order valence-electron chi connectivity index (χ0n) is 13.2. The Kier molecular flexibility index (Phi) is 8.30. The smallest absolute Gasteiger partial charge is 0.237 e. The molecule has 0 aliphatic carbocycles. The Bertz CT molecular complexity index is 463. The number of nitrogens with one attached hydrogen (secondary N) is 1. The van der Waals surface area contributed by atoms with E-state index in [0.717, 1.165) is 12.0 Å². The van der Waals surface area contributed by atoms with Gasteiger partial charge in [0.15, 0.2) is 0 Å². The summed E-state index contributed by atoms with van der Waals surface area (Å²) in [7, 11) is 0. The van der Waals surface area contributed by atoms with Crippen molar-refractivity contribution in [3.8, 4) is 0 Å². The van der Waals surface area contributed by atoms with Gasteiger partial charge in [0.2, 0.25) is 5.91 Å². The van der Waals surface area contributed by atoms with Crippen LogP contribution in [0.25, 0.3) is 0 Å². The van der Waals surface area contributed by atoms with Crippen molar-refractivity contribution in [2.45, 2.75) is 45.6 Å². The van der Waals surface area contributed by atoms with Gasteiger partial charge in [0, 0.05) is 17.0 Å². The molecule has 2 unspecified atom stereocenters. The molecular weight excluding hydrogens is 307 g/mol. The minimum absolute atomic E-state index is 0. The maximum absolute atomic E-state index is 12.0. The minimum atomic E-state index is -0.449. The molecule has 0 aliphatic heterocycles. The second-order valence-corrected chi connectivity index (χ2v) is 6.46. The Labute approximate surface area is 139 Å². The fraction of sp³-hybridized carbons (Fsp3) is 0.562. The molecule has 0 fully saturated rings. The van der Waals surface area contributed by atoms with Crippen LogP contribution < -0.4 is 11.1 Å². The van der Waals surface area contributed by atoms with Crippen LogP contribution in [0.3, 0.4) is 0 Å². The molecule has 0 heterocycles. The second kappa shape index (κ2) is 8.62. The number of carbonyl (C=O) groups excluding carboxylic acids is 1. The van der Waals surface area contributed by atoms with Gasteiger partial charge in [-0.2, -0.15) is 0 Å². The van der Waals surface area contributed by atoms with Gasteiger partial charge in [-0.05, 0) is 23.6 Å². The highest BCUT2D eigenvalue weighted by Crippen LogP contribution is 2.24. The maximum atomic E-state index is 12.0. The van der Waals surface area contributed by atoms with Crippen molar-refractivity contribution in [1.29, 1.82) is 0 Å². The first kappa shape index (κ1) is 20.2. The molecule has 1 aromatic carbocycles. The van der Waals surface area contributed by atoms with Gasteiger partial charge in [0.05, 0.1) is 6.04 Å². The van der Waals surface area contributed by atoms with Crippen molar-refractivity contribution in [1.82, 2.24) is 5.32 Å². The van der Waals surface area contributed by atoms with E-state index in [2.05, 4.69) is 19.2 Å². The predicted octanol–water partition coefficient (Wildman–Crippen LogP) is 3.53. The average molecular weight is 333 g/mol. The molecule has 2 atom stereocenters. The quantitative estimate of drug-likeness (QED) is 0.837. The molecule has 3 nitrogen and oxygen atoms in total. The van der Waals surface area contributed by atoms with Crippen molar-refractivity contribution >= 4 is 29.9 Å². The van der Waals surface area contributed by atoms with E-state index in [1.807, 2.05) is 38.1 Å².